The van der Waals surface area contributed by atoms with Crippen LogP contribution in [-0.2, 0) is 7.05 Å². The van der Waals surface area contributed by atoms with E-state index >= 15 is 0 Å². The Kier molecular flexibility index (Phi) is 2.98. The summed E-state index contributed by atoms with van der Waals surface area (Å²) in [5, 5.41) is 20.5. The Labute approximate surface area is 101 Å². The van der Waals surface area contributed by atoms with Crippen LogP contribution in [0.2, 0.25) is 0 Å². The Morgan fingerprint density at radius 2 is 1.88 bits per heavy atom. The summed E-state index contributed by atoms with van der Waals surface area (Å²) in [6.07, 6.45) is 0. The molecule has 0 radical (unpaired) electrons. The van der Waals surface area contributed by atoms with E-state index in [1.165, 1.54) is 0 Å². The van der Waals surface area contributed by atoms with Gasteiger partial charge in [-0.2, -0.15) is 5.26 Å². The Bertz CT molecular complexity index is 422. The van der Waals surface area contributed by atoms with Crippen molar-refractivity contribution >= 4 is 5.95 Å². The number of hydrogen-bond donors (Lipinski definition) is 0. The SMILES string of the molecule is Cn1nnnc1N1CCN(C(C)(C)C#N)CC1. The standard InChI is InChI=1S/C10H17N7/c1-10(2,8-11)17-6-4-16(5-7-17)9-12-13-14-15(9)3/h4-7H2,1-3H3. The molecule has 17 heavy (non-hydrogen) atoms. The lowest BCUT2D eigenvalue weighted by atomic mass is 10.0. The lowest BCUT2D eigenvalue weighted by Gasteiger charge is -2.40. The zero-order chi connectivity index (χ0) is 12.5. The Hall–Kier alpha value is -1.68. The second kappa shape index (κ2) is 4.30. The van der Waals surface area contributed by atoms with E-state index in [1.807, 2.05) is 20.9 Å². The van der Waals surface area contributed by atoms with Gasteiger partial charge in [0.25, 0.3) is 0 Å². The minimum atomic E-state index is -0.399. The summed E-state index contributed by atoms with van der Waals surface area (Å²) in [5.41, 5.74) is -0.399. The molecule has 7 nitrogen and oxygen atoms in total. The van der Waals surface area contributed by atoms with Crippen LogP contribution >= 0.6 is 0 Å². The smallest absolute Gasteiger partial charge is 0.245 e. The molecule has 0 aliphatic carbocycles. The fraction of sp³-hybridized carbons (Fsp3) is 0.800. The lowest BCUT2D eigenvalue weighted by molar-refractivity contribution is 0.157. The van der Waals surface area contributed by atoms with E-state index in [0.29, 0.717) is 0 Å². The highest BCUT2D eigenvalue weighted by Gasteiger charge is 2.30. The largest absolute Gasteiger partial charge is 0.337 e. The fourth-order valence-corrected chi connectivity index (χ4v) is 2.03. The number of anilines is 1. The molecule has 0 saturated carbocycles. The molecule has 1 aromatic rings. The van der Waals surface area contributed by atoms with Crippen LogP contribution in [-0.4, -0.2) is 56.8 Å². The summed E-state index contributed by atoms with van der Waals surface area (Å²) in [6.45, 7) is 7.30. The van der Waals surface area contributed by atoms with Gasteiger partial charge < -0.3 is 4.90 Å². The maximum Gasteiger partial charge on any atom is 0.245 e. The molecule has 0 amide bonds. The highest BCUT2D eigenvalue weighted by molar-refractivity contribution is 5.28. The first-order valence-corrected chi connectivity index (χ1v) is 5.68. The van der Waals surface area contributed by atoms with Crippen molar-refractivity contribution < 1.29 is 0 Å². The van der Waals surface area contributed by atoms with Gasteiger partial charge in [-0.25, -0.2) is 4.68 Å². The molecule has 1 aliphatic rings. The van der Waals surface area contributed by atoms with Crippen LogP contribution < -0.4 is 4.90 Å². The third-order valence-corrected chi connectivity index (χ3v) is 3.22. The summed E-state index contributed by atoms with van der Waals surface area (Å²) >= 11 is 0. The highest BCUT2D eigenvalue weighted by Crippen LogP contribution is 2.18. The molecule has 92 valence electrons. The first-order chi connectivity index (χ1) is 8.04. The first-order valence-electron chi connectivity index (χ1n) is 5.68. The van der Waals surface area contributed by atoms with E-state index in [2.05, 4.69) is 31.4 Å². The number of rotatable bonds is 2. The van der Waals surface area contributed by atoms with Crippen molar-refractivity contribution in [2.24, 2.45) is 7.05 Å². The maximum absolute atomic E-state index is 9.10. The molecule has 0 aromatic carbocycles. The fourth-order valence-electron chi connectivity index (χ4n) is 2.03. The third-order valence-electron chi connectivity index (χ3n) is 3.22. The van der Waals surface area contributed by atoms with Crippen LogP contribution in [0.5, 0.6) is 0 Å². The average Bonchev–Trinajstić information content (AvgIpc) is 2.76. The van der Waals surface area contributed by atoms with Gasteiger partial charge in [-0.3, -0.25) is 4.90 Å². The molecule has 1 aromatic heterocycles. The summed E-state index contributed by atoms with van der Waals surface area (Å²) in [5.74, 6) is 0.791. The zero-order valence-corrected chi connectivity index (χ0v) is 10.5. The molecule has 0 atom stereocenters. The topological polar surface area (TPSA) is 73.9 Å². The Morgan fingerprint density at radius 3 is 2.35 bits per heavy atom. The number of aromatic nitrogens is 4. The van der Waals surface area contributed by atoms with Gasteiger partial charge in [0.2, 0.25) is 5.95 Å². The van der Waals surface area contributed by atoms with Crippen molar-refractivity contribution in [3.63, 3.8) is 0 Å². The van der Waals surface area contributed by atoms with Gasteiger partial charge in [0.1, 0.15) is 5.54 Å². The second-order valence-corrected chi connectivity index (χ2v) is 4.75. The monoisotopic (exact) mass is 235 g/mol. The van der Waals surface area contributed by atoms with Crippen LogP contribution in [0.25, 0.3) is 0 Å². The van der Waals surface area contributed by atoms with Crippen LogP contribution in [0.1, 0.15) is 13.8 Å². The number of tetrazole rings is 1. The van der Waals surface area contributed by atoms with Gasteiger partial charge in [-0.15, -0.1) is 0 Å². The summed E-state index contributed by atoms with van der Waals surface area (Å²) in [7, 11) is 1.83. The highest BCUT2D eigenvalue weighted by atomic mass is 15.6. The molecule has 0 unspecified atom stereocenters. The lowest BCUT2D eigenvalue weighted by Crippen LogP contribution is -2.54. The second-order valence-electron chi connectivity index (χ2n) is 4.75. The number of hydrogen-bond acceptors (Lipinski definition) is 6. The first kappa shape index (κ1) is 11.8. The number of piperazine rings is 1. The predicted octanol–water partition coefficient (Wildman–Crippen LogP) is -0.366. The van der Waals surface area contributed by atoms with Crippen molar-refractivity contribution in [2.75, 3.05) is 31.1 Å². The normalized spacial score (nSPS) is 18.1. The van der Waals surface area contributed by atoms with Crippen molar-refractivity contribution in [2.45, 2.75) is 19.4 Å². The van der Waals surface area contributed by atoms with Crippen molar-refractivity contribution in [1.82, 2.24) is 25.1 Å². The van der Waals surface area contributed by atoms with E-state index in [-0.39, 0.29) is 0 Å². The van der Waals surface area contributed by atoms with Gasteiger partial charge in [0.15, 0.2) is 0 Å². The van der Waals surface area contributed by atoms with Crippen LogP contribution in [0.15, 0.2) is 0 Å². The molecule has 1 fully saturated rings. The van der Waals surface area contributed by atoms with Crippen LogP contribution in [0, 0.1) is 11.3 Å². The van der Waals surface area contributed by atoms with E-state index in [0.717, 1.165) is 32.1 Å². The third kappa shape index (κ3) is 2.22. The van der Waals surface area contributed by atoms with Crippen LogP contribution in [0.3, 0.4) is 0 Å². The molecule has 0 N–H and O–H groups in total. The quantitative estimate of drug-likeness (QED) is 0.696. The van der Waals surface area contributed by atoms with E-state index in [9.17, 15) is 0 Å². The van der Waals surface area contributed by atoms with Gasteiger partial charge in [0.05, 0.1) is 6.07 Å². The molecule has 1 aliphatic heterocycles. The molecule has 0 spiro atoms. The molecule has 7 heteroatoms. The molecular formula is C10H17N7. The van der Waals surface area contributed by atoms with Gasteiger partial charge in [0, 0.05) is 33.2 Å². The van der Waals surface area contributed by atoms with Gasteiger partial charge in [-0.05, 0) is 24.3 Å². The molecule has 2 heterocycles. The minimum Gasteiger partial charge on any atom is -0.337 e. The predicted molar refractivity (Wildman–Crippen MR) is 62.3 cm³/mol. The summed E-state index contributed by atoms with van der Waals surface area (Å²) < 4.78 is 1.67. The van der Waals surface area contributed by atoms with E-state index in [1.54, 1.807) is 4.68 Å². The summed E-state index contributed by atoms with van der Waals surface area (Å²) in [6, 6.07) is 2.33. The number of nitriles is 1. The number of nitrogens with zero attached hydrogens (tertiary/aromatic N) is 7. The van der Waals surface area contributed by atoms with E-state index in [4.69, 9.17) is 5.26 Å². The molecular weight excluding hydrogens is 218 g/mol. The average molecular weight is 235 g/mol. The molecule has 0 bridgehead atoms. The Balaban J connectivity index is 2.00. The van der Waals surface area contributed by atoms with E-state index < -0.39 is 5.54 Å². The van der Waals surface area contributed by atoms with Gasteiger partial charge in [-0.1, -0.05) is 5.10 Å². The minimum absolute atomic E-state index is 0.399. The van der Waals surface area contributed by atoms with Crippen molar-refractivity contribution in [3.8, 4) is 6.07 Å². The number of aryl methyl sites for hydroxylation is 1. The Morgan fingerprint density at radius 1 is 1.24 bits per heavy atom. The van der Waals surface area contributed by atoms with Gasteiger partial charge >= 0.3 is 0 Å². The van der Waals surface area contributed by atoms with Crippen molar-refractivity contribution in [3.05, 3.63) is 0 Å². The molecule has 1 saturated heterocycles. The van der Waals surface area contributed by atoms with Crippen LogP contribution in [0.4, 0.5) is 5.95 Å². The maximum atomic E-state index is 9.10. The molecule has 2 rings (SSSR count). The van der Waals surface area contributed by atoms with Crippen molar-refractivity contribution in [1.29, 1.82) is 5.26 Å². The zero-order valence-electron chi connectivity index (χ0n) is 10.5. The summed E-state index contributed by atoms with van der Waals surface area (Å²) in [4.78, 5) is 4.33.